The summed E-state index contributed by atoms with van der Waals surface area (Å²) >= 11 is 7.26. The van der Waals surface area contributed by atoms with Crippen molar-refractivity contribution in [2.45, 2.75) is 11.8 Å². The molecule has 0 aliphatic carbocycles. The highest BCUT2D eigenvalue weighted by Gasteiger charge is 2.11. The van der Waals surface area contributed by atoms with Crippen molar-refractivity contribution in [3.63, 3.8) is 0 Å². The third-order valence-corrected chi connectivity index (χ3v) is 3.16. The van der Waals surface area contributed by atoms with Crippen LogP contribution < -0.4 is 5.73 Å². The van der Waals surface area contributed by atoms with Gasteiger partial charge in [0.05, 0.1) is 0 Å². The van der Waals surface area contributed by atoms with E-state index in [1.165, 1.54) is 11.8 Å². The summed E-state index contributed by atoms with van der Waals surface area (Å²) in [4.78, 5) is 14.3. The summed E-state index contributed by atoms with van der Waals surface area (Å²) < 4.78 is 0. The van der Waals surface area contributed by atoms with Gasteiger partial charge in [0.15, 0.2) is 0 Å². The second-order valence-electron chi connectivity index (χ2n) is 2.91. The van der Waals surface area contributed by atoms with Crippen LogP contribution in [0.5, 0.6) is 0 Å². The lowest BCUT2D eigenvalue weighted by Crippen LogP contribution is -2.32. The highest BCUT2D eigenvalue weighted by molar-refractivity contribution is 7.98. The number of nitrogens with two attached hydrogens (primary N) is 1. The number of rotatable bonds is 5. The summed E-state index contributed by atoms with van der Waals surface area (Å²) in [6.07, 6.45) is 1.61. The molecule has 0 spiro atoms. The SMILES string of the molecule is NC(CSCc1cccnc1Cl)C(=O)O. The monoisotopic (exact) mass is 246 g/mol. The lowest BCUT2D eigenvalue weighted by atomic mass is 10.3. The number of pyridine rings is 1. The minimum atomic E-state index is -0.986. The maximum absolute atomic E-state index is 10.4. The van der Waals surface area contributed by atoms with Gasteiger partial charge < -0.3 is 10.8 Å². The molecule has 1 aromatic rings. The molecule has 1 aromatic heterocycles. The van der Waals surface area contributed by atoms with E-state index in [0.29, 0.717) is 16.7 Å². The molecule has 3 N–H and O–H groups in total. The summed E-state index contributed by atoms with van der Waals surface area (Å²) in [5, 5.41) is 9.01. The molecule has 15 heavy (non-hydrogen) atoms. The van der Waals surface area contributed by atoms with E-state index >= 15 is 0 Å². The number of halogens is 1. The lowest BCUT2D eigenvalue weighted by Gasteiger charge is -2.06. The first kappa shape index (κ1) is 12.3. The smallest absolute Gasteiger partial charge is 0.321 e. The normalized spacial score (nSPS) is 12.4. The van der Waals surface area contributed by atoms with Crippen molar-refractivity contribution in [1.82, 2.24) is 4.98 Å². The Morgan fingerprint density at radius 3 is 3.07 bits per heavy atom. The Morgan fingerprint density at radius 2 is 2.47 bits per heavy atom. The van der Waals surface area contributed by atoms with Gasteiger partial charge in [-0.15, -0.1) is 0 Å². The van der Waals surface area contributed by atoms with Gasteiger partial charge in [-0.05, 0) is 11.6 Å². The predicted octanol–water partition coefficient (Wildman–Crippen LogP) is 1.38. The number of carboxylic acids is 1. The number of carboxylic acid groups (broad SMARTS) is 1. The number of hydrogen-bond donors (Lipinski definition) is 2. The molecule has 0 saturated carbocycles. The highest BCUT2D eigenvalue weighted by atomic mass is 35.5. The van der Waals surface area contributed by atoms with Gasteiger partial charge in [-0.25, -0.2) is 4.98 Å². The van der Waals surface area contributed by atoms with Crippen LogP contribution in [0.1, 0.15) is 5.56 Å². The largest absolute Gasteiger partial charge is 0.480 e. The Labute approximate surface area is 96.8 Å². The van der Waals surface area contributed by atoms with Gasteiger partial charge in [-0.1, -0.05) is 17.7 Å². The molecule has 0 bridgehead atoms. The van der Waals surface area contributed by atoms with E-state index in [0.717, 1.165) is 5.56 Å². The fourth-order valence-corrected chi connectivity index (χ4v) is 2.13. The number of nitrogens with zero attached hydrogens (tertiary/aromatic N) is 1. The van der Waals surface area contributed by atoms with Crippen LogP contribution in [0.3, 0.4) is 0 Å². The summed E-state index contributed by atoms with van der Waals surface area (Å²) in [5.41, 5.74) is 6.24. The van der Waals surface area contributed by atoms with Crippen molar-refractivity contribution in [1.29, 1.82) is 0 Å². The first-order valence-electron chi connectivity index (χ1n) is 4.27. The topological polar surface area (TPSA) is 76.2 Å². The average molecular weight is 247 g/mol. The molecule has 0 aliphatic rings. The number of aliphatic carboxylic acids is 1. The Morgan fingerprint density at radius 1 is 1.73 bits per heavy atom. The molecule has 0 saturated heterocycles. The second-order valence-corrected chi connectivity index (χ2v) is 4.30. The van der Waals surface area contributed by atoms with Crippen molar-refractivity contribution in [2.75, 3.05) is 5.75 Å². The molecule has 0 radical (unpaired) electrons. The summed E-state index contributed by atoms with van der Waals surface area (Å²) in [5.74, 6) is -0.00594. The van der Waals surface area contributed by atoms with Crippen molar-refractivity contribution in [3.05, 3.63) is 29.0 Å². The van der Waals surface area contributed by atoms with Crippen molar-refractivity contribution in [2.24, 2.45) is 5.73 Å². The fourth-order valence-electron chi connectivity index (χ4n) is 0.894. The Balaban J connectivity index is 2.38. The molecule has 6 heteroatoms. The second kappa shape index (κ2) is 5.95. The molecular weight excluding hydrogens is 236 g/mol. The van der Waals surface area contributed by atoms with E-state index in [1.54, 1.807) is 12.3 Å². The molecule has 0 aromatic carbocycles. The molecule has 4 nitrogen and oxygen atoms in total. The third kappa shape index (κ3) is 4.07. The highest BCUT2D eigenvalue weighted by Crippen LogP contribution is 2.18. The quantitative estimate of drug-likeness (QED) is 0.768. The van der Waals surface area contributed by atoms with Crippen LogP contribution in [0.25, 0.3) is 0 Å². The van der Waals surface area contributed by atoms with Crippen LogP contribution in [0.4, 0.5) is 0 Å². The fraction of sp³-hybridized carbons (Fsp3) is 0.333. The zero-order chi connectivity index (χ0) is 11.3. The molecule has 1 atom stereocenters. The van der Waals surface area contributed by atoms with Gasteiger partial charge in [-0.3, -0.25) is 4.79 Å². The molecule has 82 valence electrons. The minimum Gasteiger partial charge on any atom is -0.480 e. The maximum Gasteiger partial charge on any atom is 0.321 e. The predicted molar refractivity (Wildman–Crippen MR) is 61.0 cm³/mol. The Kier molecular flexibility index (Phi) is 4.87. The van der Waals surface area contributed by atoms with Crippen LogP contribution in [0.2, 0.25) is 5.15 Å². The molecule has 1 heterocycles. The van der Waals surface area contributed by atoms with Gasteiger partial charge in [0, 0.05) is 17.7 Å². The number of carbonyl (C=O) groups is 1. The minimum absolute atomic E-state index is 0.362. The standard InChI is InChI=1S/C9H11ClN2O2S/c10-8-6(2-1-3-12-8)4-15-5-7(11)9(13)14/h1-3,7H,4-5,11H2,(H,13,14). The Hall–Kier alpha value is -0.780. The van der Waals surface area contributed by atoms with E-state index in [1.807, 2.05) is 6.07 Å². The van der Waals surface area contributed by atoms with E-state index in [9.17, 15) is 4.79 Å². The van der Waals surface area contributed by atoms with E-state index in [-0.39, 0.29) is 0 Å². The summed E-state index contributed by atoms with van der Waals surface area (Å²) in [6, 6.07) is 2.82. The van der Waals surface area contributed by atoms with Crippen molar-refractivity contribution < 1.29 is 9.90 Å². The van der Waals surface area contributed by atoms with Crippen molar-refractivity contribution >= 4 is 29.3 Å². The Bertz CT molecular complexity index is 349. The lowest BCUT2D eigenvalue weighted by molar-refractivity contribution is -0.137. The van der Waals surface area contributed by atoms with Crippen LogP contribution in [-0.4, -0.2) is 27.9 Å². The number of aromatic nitrogens is 1. The molecule has 1 unspecified atom stereocenters. The zero-order valence-electron chi connectivity index (χ0n) is 7.89. The van der Waals surface area contributed by atoms with Gasteiger partial charge in [0.2, 0.25) is 0 Å². The van der Waals surface area contributed by atoms with Crippen LogP contribution >= 0.6 is 23.4 Å². The van der Waals surface area contributed by atoms with Gasteiger partial charge in [-0.2, -0.15) is 11.8 Å². The van der Waals surface area contributed by atoms with Gasteiger partial charge in [0.1, 0.15) is 11.2 Å². The summed E-state index contributed by atoms with van der Waals surface area (Å²) in [7, 11) is 0. The molecule has 0 aliphatic heterocycles. The molecule has 1 rings (SSSR count). The first-order chi connectivity index (χ1) is 7.11. The summed E-state index contributed by atoms with van der Waals surface area (Å²) in [6.45, 7) is 0. The van der Waals surface area contributed by atoms with Gasteiger partial charge in [0.25, 0.3) is 0 Å². The van der Waals surface area contributed by atoms with E-state index in [2.05, 4.69) is 4.98 Å². The van der Waals surface area contributed by atoms with Crippen LogP contribution in [0.15, 0.2) is 18.3 Å². The van der Waals surface area contributed by atoms with Crippen molar-refractivity contribution in [3.8, 4) is 0 Å². The zero-order valence-corrected chi connectivity index (χ0v) is 9.46. The van der Waals surface area contributed by atoms with Crippen LogP contribution in [-0.2, 0) is 10.5 Å². The third-order valence-electron chi connectivity index (χ3n) is 1.71. The van der Waals surface area contributed by atoms with Gasteiger partial charge >= 0.3 is 5.97 Å². The van der Waals surface area contributed by atoms with E-state index in [4.69, 9.17) is 22.4 Å². The average Bonchev–Trinajstić information content (AvgIpc) is 2.20. The molecule has 0 fully saturated rings. The first-order valence-corrected chi connectivity index (χ1v) is 5.80. The molecule has 0 amide bonds. The van der Waals surface area contributed by atoms with Crippen LogP contribution in [0, 0.1) is 0 Å². The maximum atomic E-state index is 10.4. The number of thioether (sulfide) groups is 1. The van der Waals surface area contributed by atoms with E-state index < -0.39 is 12.0 Å². The number of hydrogen-bond acceptors (Lipinski definition) is 4. The molecular formula is C9H11ClN2O2S.